The van der Waals surface area contributed by atoms with Crippen molar-refractivity contribution in [1.82, 2.24) is 19.5 Å². The lowest BCUT2D eigenvalue weighted by Crippen LogP contribution is -2.33. The molecule has 2 aromatic rings. The maximum absolute atomic E-state index is 11.7. The van der Waals surface area contributed by atoms with Gasteiger partial charge in [-0.2, -0.15) is 4.98 Å². The van der Waals surface area contributed by atoms with Crippen molar-refractivity contribution >= 4 is 24.9 Å². The van der Waals surface area contributed by atoms with E-state index in [2.05, 4.69) is 19.5 Å². The number of nitrogens with one attached hydrogen (secondary N) is 1. The van der Waals surface area contributed by atoms with Gasteiger partial charge in [0.05, 0.1) is 12.9 Å². The predicted octanol–water partition coefficient (Wildman–Crippen LogP) is -1.73. The minimum absolute atomic E-state index is 0.0388. The van der Waals surface area contributed by atoms with Crippen LogP contribution in [0.1, 0.15) is 38.8 Å². The Morgan fingerprint density at radius 1 is 1.34 bits per heavy atom. The molecule has 0 bridgehead atoms. The van der Waals surface area contributed by atoms with Gasteiger partial charge in [-0.1, -0.05) is 19.8 Å². The lowest BCUT2D eigenvalue weighted by molar-refractivity contribution is -0.0511. The number of aromatic nitrogens is 4. The lowest BCUT2D eigenvalue weighted by Gasteiger charge is -2.16. The van der Waals surface area contributed by atoms with Gasteiger partial charge in [-0.25, -0.2) is 9.55 Å². The smallest absolute Gasteiger partial charge is 0.394 e. The number of fused-ring (bicyclic) bond motifs is 1. The number of nitrogen functional groups attached to an aromatic ring is 1. The largest absolute Gasteiger partial charge is 0.471 e. The number of ether oxygens (including phenoxy) is 1. The highest BCUT2D eigenvalue weighted by atomic mass is 31.2. The second kappa shape index (κ2) is 11.3. The number of aromatic amines is 1. The Morgan fingerprint density at radius 3 is 2.59 bits per heavy atom. The van der Waals surface area contributed by atoms with Crippen molar-refractivity contribution in [2.75, 3.05) is 12.3 Å². The number of H-pyrrole nitrogens is 1. The van der Waals surface area contributed by atoms with Crippen LogP contribution in [0, 0.1) is 0 Å². The van der Waals surface area contributed by atoms with Crippen LogP contribution in [0.2, 0.25) is 0 Å². The van der Waals surface area contributed by atoms with Gasteiger partial charge in [0.15, 0.2) is 17.4 Å². The number of unbranched alkanes of at least 4 members (excludes halogenated alkanes) is 2. The third-order valence-corrected chi connectivity index (χ3v) is 5.15. The van der Waals surface area contributed by atoms with Gasteiger partial charge in [0, 0.05) is 0 Å². The monoisotopic (exact) mass is 480 g/mol. The van der Waals surface area contributed by atoms with Crippen LogP contribution in [0.5, 0.6) is 0 Å². The summed E-state index contributed by atoms with van der Waals surface area (Å²) in [7, 11) is -4.40. The normalized spacial score (nSPS) is 24.3. The molecule has 15 nitrogen and oxygen atoms in total. The summed E-state index contributed by atoms with van der Waals surface area (Å²) in [6, 6.07) is 0. The number of rotatable bonds is 8. The van der Waals surface area contributed by atoms with Crippen LogP contribution in [0.4, 0.5) is 5.95 Å². The van der Waals surface area contributed by atoms with Crippen LogP contribution in [0.3, 0.4) is 0 Å². The molecule has 32 heavy (non-hydrogen) atoms. The molecule has 1 fully saturated rings. The number of aliphatic hydroxyl groups is 3. The summed E-state index contributed by atoms with van der Waals surface area (Å²) in [4.78, 5) is 38.5. The number of phosphoric ester groups is 1. The zero-order valence-corrected chi connectivity index (χ0v) is 18.2. The third-order valence-electron chi connectivity index (χ3n) is 4.61. The number of anilines is 1. The summed E-state index contributed by atoms with van der Waals surface area (Å²) in [5.74, 6) is -0.101. The maximum atomic E-state index is 11.7. The Morgan fingerprint density at radius 2 is 2.03 bits per heavy atom. The minimum atomic E-state index is -4.40. The van der Waals surface area contributed by atoms with Gasteiger partial charge >= 0.3 is 7.82 Å². The quantitative estimate of drug-likeness (QED) is 0.119. The predicted molar refractivity (Wildman–Crippen MR) is 111 cm³/mol. The number of imidazole rings is 1. The molecular weight excluding hydrogens is 451 g/mol. The van der Waals surface area contributed by atoms with Gasteiger partial charge in [-0.05, 0) is 12.8 Å². The van der Waals surface area contributed by atoms with E-state index in [1.807, 2.05) is 6.92 Å². The van der Waals surface area contributed by atoms with Crippen LogP contribution in [-0.4, -0.2) is 75.8 Å². The van der Waals surface area contributed by atoms with Crippen LogP contribution >= 0.6 is 7.82 Å². The summed E-state index contributed by atoms with van der Waals surface area (Å²) in [6.07, 6.45) is -0.705. The molecule has 0 radical (unpaired) electrons. The molecule has 0 aliphatic carbocycles. The van der Waals surface area contributed by atoms with Gasteiger partial charge < -0.3 is 41.3 Å². The fourth-order valence-corrected chi connectivity index (χ4v) is 3.52. The first-order valence-electron chi connectivity index (χ1n) is 9.82. The highest BCUT2D eigenvalue weighted by molar-refractivity contribution is 7.46. The highest BCUT2D eigenvalue weighted by Crippen LogP contribution is 2.37. The second-order valence-corrected chi connectivity index (χ2v) is 8.33. The molecule has 0 spiro atoms. The molecule has 0 amide bonds. The molecular formula is C16H29N6O9P. The Bertz CT molecular complexity index is 979. The van der Waals surface area contributed by atoms with Crippen LogP contribution in [0.25, 0.3) is 11.2 Å². The number of hydrogen-bond acceptors (Lipinski definition) is 11. The first kappa shape index (κ1) is 26.3. The first-order chi connectivity index (χ1) is 15.0. The van der Waals surface area contributed by atoms with Crippen LogP contribution in [0.15, 0.2) is 11.1 Å². The summed E-state index contributed by atoms with van der Waals surface area (Å²) in [5, 5.41) is 28.7. The third kappa shape index (κ3) is 6.78. The first-order valence-corrected chi connectivity index (χ1v) is 11.4. The van der Waals surface area contributed by atoms with E-state index in [-0.39, 0.29) is 17.1 Å². The number of hydrogen-bond donors (Lipinski definition) is 8. The van der Waals surface area contributed by atoms with E-state index >= 15 is 0 Å². The Balaban J connectivity index is 0.000000262. The lowest BCUT2D eigenvalue weighted by atomic mass is 10.1. The molecule has 16 heteroatoms. The molecule has 1 saturated heterocycles. The van der Waals surface area contributed by atoms with Crippen molar-refractivity contribution in [1.29, 1.82) is 0 Å². The highest BCUT2D eigenvalue weighted by Gasteiger charge is 2.44. The number of phosphoric acid groups is 1. The fraction of sp³-hybridized carbons (Fsp3) is 0.688. The number of aliphatic hydroxyl groups excluding tert-OH is 3. The summed E-state index contributed by atoms with van der Waals surface area (Å²) in [5.41, 5.74) is 10.4. The van der Waals surface area contributed by atoms with E-state index in [1.54, 1.807) is 0 Å². The maximum Gasteiger partial charge on any atom is 0.471 e. The van der Waals surface area contributed by atoms with Crippen molar-refractivity contribution in [3.8, 4) is 0 Å². The molecule has 1 aliphatic heterocycles. The molecule has 1 unspecified atom stereocenters. The van der Waals surface area contributed by atoms with Gasteiger partial charge in [0.25, 0.3) is 5.56 Å². The molecule has 0 aromatic carbocycles. The van der Waals surface area contributed by atoms with Crippen LogP contribution < -0.4 is 17.0 Å². The van der Waals surface area contributed by atoms with Gasteiger partial charge in [-0.15, -0.1) is 0 Å². The van der Waals surface area contributed by atoms with E-state index in [1.165, 1.54) is 10.9 Å². The van der Waals surface area contributed by atoms with Crippen molar-refractivity contribution in [3.05, 3.63) is 16.7 Å². The average Bonchev–Trinajstić information content (AvgIpc) is 3.22. The topological polar surface area (TPSA) is 252 Å². The van der Waals surface area contributed by atoms with E-state index in [0.717, 1.165) is 19.3 Å². The minimum Gasteiger partial charge on any atom is -0.394 e. The summed E-state index contributed by atoms with van der Waals surface area (Å²) in [6.45, 7) is 1.59. The fourth-order valence-electron chi connectivity index (χ4n) is 3.06. The molecule has 3 rings (SSSR count). The molecule has 2 aromatic heterocycles. The van der Waals surface area contributed by atoms with Crippen molar-refractivity contribution in [2.24, 2.45) is 5.73 Å². The Kier molecular flexibility index (Phi) is 9.27. The zero-order valence-electron chi connectivity index (χ0n) is 17.3. The van der Waals surface area contributed by atoms with E-state index in [4.69, 9.17) is 31.1 Å². The van der Waals surface area contributed by atoms with Crippen molar-refractivity contribution in [2.45, 2.75) is 63.4 Å². The molecule has 0 saturated carbocycles. The summed E-state index contributed by atoms with van der Waals surface area (Å²) < 4.78 is 21.1. The standard InChI is InChI=1S/C10H13N5O5.C6H16NO4P/c11-10-13-7-4(8(19)14-10)12-2-15(7)9-6(18)5(17)3(1-16)20-9;1-2-3-4-5-6(7)11-12(8,9)10/h2-3,5-6,9,16-18H,1H2,(H3,11,13,14,19);6H,2-5,7H2,1H3,(H2,8,9,10)/t3-,5-,6-,9-;/m1./s1. The summed E-state index contributed by atoms with van der Waals surface area (Å²) >= 11 is 0. The van der Waals surface area contributed by atoms with Gasteiger partial charge in [-0.3, -0.25) is 18.9 Å². The Hall–Kier alpha value is -1.94. The van der Waals surface area contributed by atoms with Crippen molar-refractivity contribution < 1.29 is 38.9 Å². The van der Waals surface area contributed by atoms with E-state index in [9.17, 15) is 19.6 Å². The van der Waals surface area contributed by atoms with Gasteiger partial charge in [0.2, 0.25) is 5.95 Å². The SMILES string of the molecule is CCCCCC(N)OP(=O)(O)O.Nc1nc2c(ncn2[C@@H]2O[C@H](CO)[C@@H](O)[C@H]2O)c(=O)[nH]1. The van der Waals surface area contributed by atoms with E-state index < -0.39 is 50.8 Å². The molecule has 3 heterocycles. The Labute approximate surface area is 182 Å². The average molecular weight is 480 g/mol. The number of nitrogens with two attached hydrogens (primary N) is 2. The zero-order chi connectivity index (χ0) is 24.1. The number of nitrogens with zero attached hydrogens (tertiary/aromatic N) is 3. The van der Waals surface area contributed by atoms with Crippen LogP contribution in [-0.2, 0) is 13.8 Å². The molecule has 1 aliphatic rings. The molecule has 182 valence electrons. The molecule has 5 atom stereocenters. The molecule has 10 N–H and O–H groups in total. The van der Waals surface area contributed by atoms with Gasteiger partial charge in [0.1, 0.15) is 24.5 Å². The van der Waals surface area contributed by atoms with Crippen molar-refractivity contribution in [3.63, 3.8) is 0 Å². The van der Waals surface area contributed by atoms with E-state index in [0.29, 0.717) is 6.42 Å². The second-order valence-electron chi connectivity index (χ2n) is 7.13.